The Kier molecular flexibility index (Phi) is 3.85. The van der Waals surface area contributed by atoms with E-state index in [1.165, 1.54) is 12.1 Å². The summed E-state index contributed by atoms with van der Waals surface area (Å²) < 4.78 is 5.72. The summed E-state index contributed by atoms with van der Waals surface area (Å²) in [7, 11) is 0. The Morgan fingerprint density at radius 2 is 1.87 bits per heavy atom. The number of aromatic carboxylic acids is 1. The van der Waals surface area contributed by atoms with Gasteiger partial charge >= 0.3 is 5.97 Å². The highest BCUT2D eigenvalue weighted by molar-refractivity contribution is 6.36. The first-order valence-electron chi connectivity index (χ1n) is 7.23. The van der Waals surface area contributed by atoms with Crippen LogP contribution in [0.5, 0.6) is 0 Å². The van der Waals surface area contributed by atoms with Crippen LogP contribution in [-0.2, 0) is 9.53 Å². The molecule has 1 amide bonds. The maximum Gasteiger partial charge on any atom is 0.335 e. The van der Waals surface area contributed by atoms with Gasteiger partial charge in [-0.1, -0.05) is 36.4 Å². The van der Waals surface area contributed by atoms with Crippen molar-refractivity contribution in [2.24, 2.45) is 0 Å². The van der Waals surface area contributed by atoms with Crippen LogP contribution in [0.25, 0.3) is 11.3 Å². The zero-order valence-corrected chi connectivity index (χ0v) is 12.5. The lowest BCUT2D eigenvalue weighted by Crippen LogP contribution is -2.07. The van der Waals surface area contributed by atoms with Gasteiger partial charge in [0.25, 0.3) is 5.91 Å². The molecule has 0 spiro atoms. The van der Waals surface area contributed by atoms with Gasteiger partial charge in [0, 0.05) is 11.1 Å². The highest BCUT2D eigenvalue weighted by atomic mass is 16.5. The molecule has 0 atom stereocenters. The molecule has 1 aliphatic rings. The van der Waals surface area contributed by atoms with E-state index < -0.39 is 5.97 Å². The zero-order valence-electron chi connectivity index (χ0n) is 12.5. The minimum Gasteiger partial charge on any atom is -0.492 e. The molecule has 1 heterocycles. The van der Waals surface area contributed by atoms with Crippen LogP contribution in [-0.4, -0.2) is 23.6 Å². The van der Waals surface area contributed by atoms with Crippen molar-refractivity contribution in [2.75, 3.05) is 11.9 Å². The molecular weight excluding hydrogens is 294 g/mol. The van der Waals surface area contributed by atoms with Crippen LogP contribution in [0.4, 0.5) is 5.69 Å². The van der Waals surface area contributed by atoms with E-state index in [0.29, 0.717) is 29.2 Å². The molecule has 2 aromatic carbocycles. The van der Waals surface area contributed by atoms with E-state index in [9.17, 15) is 9.59 Å². The number of nitrogens with one attached hydrogen (secondary N) is 1. The van der Waals surface area contributed by atoms with E-state index in [0.717, 1.165) is 5.56 Å². The van der Waals surface area contributed by atoms with E-state index in [4.69, 9.17) is 9.84 Å². The van der Waals surface area contributed by atoms with Gasteiger partial charge in [0.05, 0.1) is 23.4 Å². The highest BCUT2D eigenvalue weighted by Gasteiger charge is 2.29. The number of ether oxygens (including phenoxy) is 1. The van der Waals surface area contributed by atoms with Crippen LogP contribution in [0.1, 0.15) is 28.4 Å². The average Bonchev–Trinajstić information content (AvgIpc) is 2.88. The number of benzene rings is 2. The fraction of sp³-hybridized carbons (Fsp3) is 0.111. The Bertz CT molecular complexity index is 809. The number of carbonyl (C=O) groups is 2. The van der Waals surface area contributed by atoms with E-state index in [1.807, 2.05) is 37.3 Å². The van der Waals surface area contributed by atoms with Gasteiger partial charge in [-0.25, -0.2) is 4.79 Å². The van der Waals surface area contributed by atoms with Gasteiger partial charge in [0.2, 0.25) is 0 Å². The molecule has 23 heavy (non-hydrogen) atoms. The summed E-state index contributed by atoms with van der Waals surface area (Å²) in [5.74, 6) is -0.838. The number of hydrogen-bond donors (Lipinski definition) is 2. The minimum absolute atomic E-state index is 0.128. The van der Waals surface area contributed by atoms with Gasteiger partial charge in [-0.3, -0.25) is 4.79 Å². The molecule has 2 aromatic rings. The Hall–Kier alpha value is -3.08. The third-order valence-corrected chi connectivity index (χ3v) is 3.56. The average molecular weight is 309 g/mol. The maximum atomic E-state index is 12.4. The number of carbonyl (C=O) groups excluding carboxylic acids is 1. The van der Waals surface area contributed by atoms with Gasteiger partial charge in [-0.2, -0.15) is 0 Å². The molecule has 1 aliphatic heterocycles. The summed E-state index contributed by atoms with van der Waals surface area (Å²) in [5.41, 5.74) is 2.48. The molecule has 5 heteroatoms. The number of amides is 1. The van der Waals surface area contributed by atoms with Gasteiger partial charge in [0.1, 0.15) is 5.76 Å². The van der Waals surface area contributed by atoms with Crippen LogP contribution in [0, 0.1) is 0 Å². The molecule has 0 aliphatic carbocycles. The lowest BCUT2D eigenvalue weighted by Gasteiger charge is -2.12. The summed E-state index contributed by atoms with van der Waals surface area (Å²) in [5, 5.41) is 11.8. The molecule has 116 valence electrons. The van der Waals surface area contributed by atoms with Crippen LogP contribution >= 0.6 is 0 Å². The molecular formula is C18H15NO4. The van der Waals surface area contributed by atoms with Gasteiger partial charge in [-0.15, -0.1) is 0 Å². The lowest BCUT2D eigenvalue weighted by molar-refractivity contribution is -0.110. The van der Waals surface area contributed by atoms with Crippen molar-refractivity contribution < 1.29 is 19.4 Å². The van der Waals surface area contributed by atoms with Crippen molar-refractivity contribution >= 4 is 28.9 Å². The first-order chi connectivity index (χ1) is 11.1. The monoisotopic (exact) mass is 309 g/mol. The summed E-state index contributed by atoms with van der Waals surface area (Å²) in [6, 6.07) is 13.9. The topological polar surface area (TPSA) is 75.6 Å². The molecule has 2 N–H and O–H groups in total. The molecule has 0 bridgehead atoms. The summed E-state index contributed by atoms with van der Waals surface area (Å²) >= 11 is 0. The summed E-state index contributed by atoms with van der Waals surface area (Å²) in [6.45, 7) is 2.27. The van der Waals surface area contributed by atoms with Crippen LogP contribution < -0.4 is 5.32 Å². The van der Waals surface area contributed by atoms with Crippen molar-refractivity contribution in [1.29, 1.82) is 0 Å². The second kappa shape index (κ2) is 5.96. The molecule has 0 aromatic heterocycles. The fourth-order valence-corrected chi connectivity index (χ4v) is 2.56. The van der Waals surface area contributed by atoms with E-state index >= 15 is 0 Å². The van der Waals surface area contributed by atoms with E-state index in [1.54, 1.807) is 6.07 Å². The van der Waals surface area contributed by atoms with Crippen LogP contribution in [0.2, 0.25) is 0 Å². The minimum atomic E-state index is -1.03. The molecule has 0 radical (unpaired) electrons. The van der Waals surface area contributed by atoms with Gasteiger partial charge < -0.3 is 15.2 Å². The molecule has 5 nitrogen and oxygen atoms in total. The van der Waals surface area contributed by atoms with Crippen LogP contribution in [0.15, 0.2) is 48.5 Å². The number of anilines is 1. The van der Waals surface area contributed by atoms with Gasteiger partial charge in [0.15, 0.2) is 0 Å². The first kappa shape index (κ1) is 14.8. The Morgan fingerprint density at radius 1 is 1.13 bits per heavy atom. The SMILES string of the molecule is CCO/C(=C1/C(=O)Nc2cc(C(=O)O)ccc21)c1ccccc1. The zero-order chi connectivity index (χ0) is 16.4. The van der Waals surface area contributed by atoms with Crippen molar-refractivity contribution in [3.05, 3.63) is 65.2 Å². The Labute approximate surface area is 133 Å². The van der Waals surface area contributed by atoms with Crippen molar-refractivity contribution in [3.8, 4) is 0 Å². The normalized spacial score (nSPS) is 14.9. The quantitative estimate of drug-likeness (QED) is 0.671. The molecule has 0 unspecified atom stereocenters. The first-order valence-corrected chi connectivity index (χ1v) is 7.23. The smallest absolute Gasteiger partial charge is 0.335 e. The number of carboxylic acids is 1. The van der Waals surface area contributed by atoms with Crippen molar-refractivity contribution in [3.63, 3.8) is 0 Å². The van der Waals surface area contributed by atoms with Crippen LogP contribution in [0.3, 0.4) is 0 Å². The predicted octanol–water partition coefficient (Wildman–Crippen LogP) is 3.24. The number of rotatable bonds is 4. The fourth-order valence-electron chi connectivity index (χ4n) is 2.56. The second-order valence-corrected chi connectivity index (χ2v) is 5.02. The molecule has 0 saturated carbocycles. The maximum absolute atomic E-state index is 12.4. The largest absolute Gasteiger partial charge is 0.492 e. The van der Waals surface area contributed by atoms with Crippen molar-refractivity contribution in [1.82, 2.24) is 0 Å². The summed E-state index contributed by atoms with van der Waals surface area (Å²) in [6.07, 6.45) is 0. The number of fused-ring (bicyclic) bond motifs is 1. The number of carboxylic acid groups (broad SMARTS) is 1. The Balaban J connectivity index is 2.18. The molecule has 0 saturated heterocycles. The molecule has 0 fully saturated rings. The standard InChI is InChI=1S/C18H15NO4/c1-2-23-16(11-6-4-3-5-7-11)15-13-9-8-12(18(21)22)10-14(13)19-17(15)20/h3-10H,2H2,1H3,(H,19,20)(H,21,22)/b16-15+. The Morgan fingerprint density at radius 3 is 2.52 bits per heavy atom. The third kappa shape index (κ3) is 2.68. The van der Waals surface area contributed by atoms with E-state index in [-0.39, 0.29) is 11.5 Å². The number of hydrogen-bond acceptors (Lipinski definition) is 3. The molecule has 3 rings (SSSR count). The third-order valence-electron chi connectivity index (χ3n) is 3.56. The van der Waals surface area contributed by atoms with E-state index in [2.05, 4.69) is 5.32 Å². The summed E-state index contributed by atoms with van der Waals surface area (Å²) in [4.78, 5) is 23.5. The highest BCUT2D eigenvalue weighted by Crippen LogP contribution is 2.38. The van der Waals surface area contributed by atoms with Crippen molar-refractivity contribution in [2.45, 2.75) is 6.92 Å². The second-order valence-electron chi connectivity index (χ2n) is 5.02. The predicted molar refractivity (Wildman–Crippen MR) is 86.9 cm³/mol. The van der Waals surface area contributed by atoms with Gasteiger partial charge in [-0.05, 0) is 19.1 Å². The lowest BCUT2D eigenvalue weighted by atomic mass is 10.0.